The van der Waals surface area contributed by atoms with Gasteiger partial charge in [-0.15, -0.1) is 0 Å². The number of nitrogens with two attached hydrogens (primary N) is 1. The summed E-state index contributed by atoms with van der Waals surface area (Å²) in [4.78, 5) is 26.9. The maximum Gasteiger partial charge on any atom is 0.274 e. The van der Waals surface area contributed by atoms with Crippen molar-refractivity contribution < 1.29 is 9.53 Å². The molecule has 3 aliphatic rings. The molecule has 1 saturated heterocycles. The molecule has 4 N–H and O–H groups in total. The summed E-state index contributed by atoms with van der Waals surface area (Å²) in [6.07, 6.45) is 10.1. The molecule has 39 heavy (non-hydrogen) atoms. The number of nitrogens with one attached hydrogen (secondary N) is 2. The zero-order chi connectivity index (χ0) is 27.4. The molecule has 1 aromatic carbocycles. The topological polar surface area (TPSA) is 120 Å². The molecule has 1 amide bonds. The summed E-state index contributed by atoms with van der Waals surface area (Å²) in [5, 5.41) is 11.5. The third-order valence-electron chi connectivity index (χ3n) is 6.87. The lowest BCUT2D eigenvalue weighted by Gasteiger charge is -2.26. The SMILES string of the molecule is CN(C)CC1=CC(NC(=O)C2=NCC(=N)c3ccc(-c4cncc(CN5CCOCC5)c4)cc32)=CCC(N)=C1. The first-order chi connectivity index (χ1) is 18.9. The number of aromatic nitrogens is 1. The van der Waals surface area contributed by atoms with Gasteiger partial charge in [-0.1, -0.05) is 18.2 Å². The summed E-state index contributed by atoms with van der Waals surface area (Å²) < 4.78 is 5.47. The Labute approximate surface area is 229 Å². The minimum Gasteiger partial charge on any atom is -0.402 e. The Morgan fingerprint density at radius 3 is 2.74 bits per heavy atom. The zero-order valence-corrected chi connectivity index (χ0v) is 22.5. The van der Waals surface area contributed by atoms with E-state index in [1.54, 1.807) is 0 Å². The van der Waals surface area contributed by atoms with Gasteiger partial charge in [0, 0.05) is 73.1 Å². The molecule has 2 aromatic rings. The Bertz CT molecular complexity index is 1400. The van der Waals surface area contributed by atoms with E-state index in [-0.39, 0.29) is 12.5 Å². The number of aliphatic imine (C=N–C) groups is 1. The van der Waals surface area contributed by atoms with E-state index in [0.29, 0.717) is 35.6 Å². The first-order valence-electron chi connectivity index (χ1n) is 13.2. The van der Waals surface area contributed by atoms with Crippen LogP contribution in [0.5, 0.6) is 0 Å². The van der Waals surface area contributed by atoms with Gasteiger partial charge in [0.2, 0.25) is 0 Å². The fraction of sp³-hybridized carbons (Fsp3) is 0.333. The van der Waals surface area contributed by atoms with Gasteiger partial charge in [0.15, 0.2) is 0 Å². The average molecular weight is 526 g/mol. The quantitative estimate of drug-likeness (QED) is 0.511. The minimum atomic E-state index is -0.299. The number of benzene rings is 1. The highest BCUT2D eigenvalue weighted by molar-refractivity contribution is 6.48. The first kappa shape index (κ1) is 26.7. The molecule has 1 aromatic heterocycles. The van der Waals surface area contributed by atoms with Crippen LogP contribution >= 0.6 is 0 Å². The van der Waals surface area contributed by atoms with E-state index in [0.717, 1.165) is 66.4 Å². The molecule has 1 fully saturated rings. The Kier molecular flexibility index (Phi) is 8.11. The number of amides is 1. The Morgan fingerprint density at radius 2 is 1.95 bits per heavy atom. The summed E-state index contributed by atoms with van der Waals surface area (Å²) in [6, 6.07) is 7.99. The van der Waals surface area contributed by atoms with Gasteiger partial charge in [-0.2, -0.15) is 0 Å². The van der Waals surface area contributed by atoms with Crippen molar-refractivity contribution in [2.24, 2.45) is 10.7 Å². The molecule has 0 saturated carbocycles. The van der Waals surface area contributed by atoms with Crippen LogP contribution < -0.4 is 11.1 Å². The van der Waals surface area contributed by atoms with Gasteiger partial charge < -0.3 is 26.1 Å². The van der Waals surface area contributed by atoms with Crippen molar-refractivity contribution >= 4 is 17.3 Å². The number of hydrogen-bond donors (Lipinski definition) is 3. The highest BCUT2D eigenvalue weighted by Gasteiger charge is 2.25. The second-order valence-corrected chi connectivity index (χ2v) is 10.4. The molecule has 0 bridgehead atoms. The number of rotatable bonds is 7. The van der Waals surface area contributed by atoms with Crippen molar-refractivity contribution in [2.45, 2.75) is 13.0 Å². The number of nitrogens with zero attached hydrogens (tertiary/aromatic N) is 4. The van der Waals surface area contributed by atoms with Crippen molar-refractivity contribution in [3.05, 3.63) is 88.5 Å². The standard InChI is InChI=1S/C30H35N7O2/c1-36(2)18-20-12-24(31)4-5-25(13-20)35-30(38)29-27-14-22(3-6-26(27)28(32)17-34-29)23-11-21(15-33-16-23)19-37-7-9-39-10-8-37/h3,5-6,11-16,32H,4,7-10,17-19,31H2,1-2H3,(H,35,38). The highest BCUT2D eigenvalue weighted by atomic mass is 16.5. The van der Waals surface area contributed by atoms with Crippen LogP contribution in [0, 0.1) is 5.41 Å². The number of fused-ring (bicyclic) bond motifs is 1. The van der Waals surface area contributed by atoms with E-state index in [9.17, 15) is 4.79 Å². The minimum absolute atomic E-state index is 0.168. The lowest BCUT2D eigenvalue weighted by atomic mass is 9.91. The number of hydrogen-bond acceptors (Lipinski definition) is 8. The lowest BCUT2D eigenvalue weighted by Crippen LogP contribution is -2.35. The molecular weight excluding hydrogens is 490 g/mol. The number of carbonyl (C=O) groups excluding carboxylic acids is 1. The number of likely N-dealkylation sites (N-methyl/N-ethyl adjacent to an activating group) is 1. The largest absolute Gasteiger partial charge is 0.402 e. The van der Waals surface area contributed by atoms with Crippen LogP contribution in [0.25, 0.3) is 11.1 Å². The Hall–Kier alpha value is -3.92. The molecule has 0 atom stereocenters. The number of ether oxygens (including phenoxy) is 1. The monoisotopic (exact) mass is 525 g/mol. The van der Waals surface area contributed by atoms with Gasteiger partial charge in [0.05, 0.1) is 25.5 Å². The maximum absolute atomic E-state index is 13.5. The van der Waals surface area contributed by atoms with Gasteiger partial charge in [-0.3, -0.25) is 19.7 Å². The fourth-order valence-corrected chi connectivity index (χ4v) is 5.01. The van der Waals surface area contributed by atoms with Crippen molar-refractivity contribution in [3.63, 3.8) is 0 Å². The predicted octanol–water partition coefficient (Wildman–Crippen LogP) is 2.49. The van der Waals surface area contributed by atoms with Crippen LogP contribution in [-0.2, 0) is 16.1 Å². The predicted molar refractivity (Wildman–Crippen MR) is 154 cm³/mol. The zero-order valence-electron chi connectivity index (χ0n) is 22.5. The molecular formula is C30H35N7O2. The summed E-state index contributed by atoms with van der Waals surface area (Å²) in [5.74, 6) is -0.299. The molecule has 3 heterocycles. The highest BCUT2D eigenvalue weighted by Crippen LogP contribution is 2.26. The first-order valence-corrected chi connectivity index (χ1v) is 13.2. The maximum atomic E-state index is 13.5. The van der Waals surface area contributed by atoms with E-state index >= 15 is 0 Å². The molecule has 9 heteroatoms. The van der Waals surface area contributed by atoms with E-state index in [1.165, 1.54) is 0 Å². The van der Waals surface area contributed by atoms with Crippen LogP contribution in [0.4, 0.5) is 0 Å². The van der Waals surface area contributed by atoms with Gasteiger partial charge in [-0.05, 0) is 55.1 Å². The smallest absolute Gasteiger partial charge is 0.274 e. The van der Waals surface area contributed by atoms with Crippen LogP contribution in [0.2, 0.25) is 0 Å². The average Bonchev–Trinajstić information content (AvgIpc) is 3.09. The molecule has 0 spiro atoms. The van der Waals surface area contributed by atoms with Crippen molar-refractivity contribution in [2.75, 3.05) is 53.5 Å². The molecule has 5 rings (SSSR count). The van der Waals surface area contributed by atoms with Crippen LogP contribution in [0.1, 0.15) is 23.1 Å². The molecule has 9 nitrogen and oxygen atoms in total. The van der Waals surface area contributed by atoms with E-state index in [4.69, 9.17) is 15.9 Å². The molecule has 202 valence electrons. The third kappa shape index (κ3) is 6.57. The third-order valence-corrected chi connectivity index (χ3v) is 6.87. The summed E-state index contributed by atoms with van der Waals surface area (Å²) in [7, 11) is 3.98. The van der Waals surface area contributed by atoms with E-state index in [2.05, 4.69) is 31.2 Å². The number of allylic oxidation sites excluding steroid dienone is 2. The van der Waals surface area contributed by atoms with E-state index < -0.39 is 0 Å². The fourth-order valence-electron chi connectivity index (χ4n) is 5.01. The van der Waals surface area contributed by atoms with E-state index in [1.807, 2.05) is 62.9 Å². The number of morpholine rings is 1. The summed E-state index contributed by atoms with van der Waals surface area (Å²) >= 11 is 0. The van der Waals surface area contributed by atoms with Crippen molar-refractivity contribution in [1.29, 1.82) is 5.41 Å². The molecule has 2 aliphatic heterocycles. The van der Waals surface area contributed by atoms with Gasteiger partial charge in [-0.25, -0.2) is 0 Å². The molecule has 0 radical (unpaired) electrons. The van der Waals surface area contributed by atoms with Crippen molar-refractivity contribution in [3.8, 4) is 11.1 Å². The number of pyridine rings is 1. The molecule has 0 unspecified atom stereocenters. The second kappa shape index (κ2) is 11.9. The van der Waals surface area contributed by atoms with Crippen molar-refractivity contribution in [1.82, 2.24) is 20.1 Å². The second-order valence-electron chi connectivity index (χ2n) is 10.4. The number of carbonyl (C=O) groups is 1. The van der Waals surface area contributed by atoms with Gasteiger partial charge >= 0.3 is 0 Å². The summed E-state index contributed by atoms with van der Waals surface area (Å²) in [5.41, 5.74) is 13.7. The van der Waals surface area contributed by atoms with Crippen LogP contribution in [0.3, 0.4) is 0 Å². The lowest BCUT2D eigenvalue weighted by molar-refractivity contribution is -0.114. The van der Waals surface area contributed by atoms with Crippen LogP contribution in [0.15, 0.2) is 76.8 Å². The van der Waals surface area contributed by atoms with Gasteiger partial charge in [0.1, 0.15) is 5.71 Å². The van der Waals surface area contributed by atoms with Gasteiger partial charge in [0.25, 0.3) is 5.91 Å². The van der Waals surface area contributed by atoms with Crippen LogP contribution in [-0.4, -0.2) is 85.6 Å². The Morgan fingerprint density at radius 1 is 1.13 bits per heavy atom. The summed E-state index contributed by atoms with van der Waals surface area (Å²) in [6.45, 7) is 5.00. The molecule has 1 aliphatic carbocycles. The Balaban J connectivity index is 1.39. The normalized spacial score (nSPS) is 18.0.